The number of benzene rings is 1. The van der Waals surface area contributed by atoms with Crippen molar-refractivity contribution in [2.45, 2.75) is 6.92 Å². The van der Waals surface area contributed by atoms with Gasteiger partial charge >= 0.3 is 6.08 Å². The molecule has 0 aliphatic carbocycles. The van der Waals surface area contributed by atoms with Crippen LogP contribution in [0.5, 0.6) is 5.75 Å². The lowest BCUT2D eigenvalue weighted by atomic mass is 10.3. The highest BCUT2D eigenvalue weighted by atomic mass is 16.7. The van der Waals surface area contributed by atoms with Gasteiger partial charge in [-0.2, -0.15) is 5.26 Å². The normalized spacial score (nSPS) is 11.5. The van der Waals surface area contributed by atoms with Gasteiger partial charge in [0.15, 0.2) is 0 Å². The number of hydrogen-bond donors (Lipinski definition) is 0. The first-order valence-electron chi connectivity index (χ1n) is 5.62. The van der Waals surface area contributed by atoms with E-state index in [-0.39, 0.29) is 6.08 Å². The zero-order chi connectivity index (χ0) is 13.9. The summed E-state index contributed by atoms with van der Waals surface area (Å²) >= 11 is 0. The third-order valence-corrected chi connectivity index (χ3v) is 1.89. The highest BCUT2D eigenvalue weighted by Crippen LogP contribution is 2.10. The minimum atomic E-state index is -0.163. The molecule has 0 spiro atoms. The number of nitriles is 1. The highest BCUT2D eigenvalue weighted by molar-refractivity contribution is 5.72. The van der Waals surface area contributed by atoms with E-state index in [0.29, 0.717) is 11.5 Å². The van der Waals surface area contributed by atoms with Crippen LogP contribution in [0, 0.1) is 11.5 Å². The molecule has 1 rings (SSSR count). The Bertz CT molecular complexity index is 537. The Morgan fingerprint density at radius 3 is 2.68 bits per heavy atom. The van der Waals surface area contributed by atoms with Crippen LogP contribution in [0.25, 0.3) is 0 Å². The van der Waals surface area contributed by atoms with Crippen molar-refractivity contribution in [3.05, 3.63) is 67.0 Å². The lowest BCUT2D eigenvalue weighted by Gasteiger charge is -2.07. The van der Waals surface area contributed by atoms with Crippen molar-refractivity contribution in [3.8, 4) is 11.9 Å². The van der Waals surface area contributed by atoms with Crippen LogP contribution in [0.15, 0.2) is 72.0 Å². The molecule has 96 valence electrons. The van der Waals surface area contributed by atoms with Crippen LogP contribution in [0.2, 0.25) is 0 Å². The summed E-state index contributed by atoms with van der Waals surface area (Å²) in [5.74, 6) is 0.852. The molecule has 19 heavy (non-hydrogen) atoms. The largest absolute Gasteiger partial charge is 0.411 e. The lowest BCUT2D eigenvalue weighted by Crippen LogP contribution is -2.11. The Kier molecular flexibility index (Phi) is 6.24. The Labute approximate surface area is 112 Å². The fourth-order valence-electron chi connectivity index (χ4n) is 1.12. The van der Waals surface area contributed by atoms with E-state index in [4.69, 9.17) is 14.7 Å². The van der Waals surface area contributed by atoms with Crippen LogP contribution >= 0.6 is 0 Å². The van der Waals surface area contributed by atoms with Crippen molar-refractivity contribution in [2.75, 3.05) is 0 Å². The number of nitrogens with zero attached hydrogens (tertiary/aromatic N) is 2. The molecule has 0 amide bonds. The second-order valence-corrected chi connectivity index (χ2v) is 3.35. The number of allylic oxidation sites excluding steroid dienone is 4. The van der Waals surface area contributed by atoms with E-state index in [0.717, 1.165) is 0 Å². The van der Waals surface area contributed by atoms with E-state index >= 15 is 0 Å². The molecule has 0 aliphatic heterocycles. The van der Waals surface area contributed by atoms with Crippen molar-refractivity contribution >= 4 is 6.08 Å². The summed E-state index contributed by atoms with van der Waals surface area (Å²) in [6.07, 6.45) is 8.55. The maximum Gasteiger partial charge on any atom is 0.410 e. The molecule has 0 atom stereocenters. The maximum atomic E-state index is 8.59. The van der Waals surface area contributed by atoms with Gasteiger partial charge in [-0.15, -0.1) is 0 Å². The molecule has 0 bridgehead atoms. The van der Waals surface area contributed by atoms with Crippen molar-refractivity contribution in [3.63, 3.8) is 0 Å². The predicted octanol–water partition coefficient (Wildman–Crippen LogP) is 3.57. The standard InChI is InChI=1S/C15H14N2O2/c1-3-4-6-9-13(2)18-15(17-12-16)19-14-10-7-5-8-11-14/h3-11H,2H2,1H3/b4-3-,9-6-,17-15?. The van der Waals surface area contributed by atoms with Gasteiger partial charge in [-0.25, -0.2) is 0 Å². The number of ether oxygens (including phenoxy) is 2. The van der Waals surface area contributed by atoms with E-state index < -0.39 is 0 Å². The predicted molar refractivity (Wildman–Crippen MR) is 74.3 cm³/mol. The molecule has 4 nitrogen and oxygen atoms in total. The first-order valence-corrected chi connectivity index (χ1v) is 5.62. The molecule has 0 N–H and O–H groups in total. The lowest BCUT2D eigenvalue weighted by molar-refractivity contribution is 0.322. The number of aliphatic imine (C=N–C) groups is 1. The third kappa shape index (κ3) is 5.89. The van der Waals surface area contributed by atoms with E-state index in [2.05, 4.69) is 11.6 Å². The molecule has 0 saturated heterocycles. The molecule has 1 aromatic carbocycles. The van der Waals surface area contributed by atoms with E-state index in [1.54, 1.807) is 42.6 Å². The van der Waals surface area contributed by atoms with E-state index in [9.17, 15) is 0 Å². The molecule has 1 aromatic rings. The van der Waals surface area contributed by atoms with Gasteiger partial charge in [0, 0.05) is 0 Å². The summed E-state index contributed by atoms with van der Waals surface area (Å²) in [4.78, 5) is 3.45. The molecule has 0 aliphatic rings. The Morgan fingerprint density at radius 1 is 1.32 bits per heavy atom. The molecule has 0 radical (unpaired) electrons. The molecular formula is C15H14N2O2. The van der Waals surface area contributed by atoms with E-state index in [1.807, 2.05) is 25.1 Å². The Balaban J connectivity index is 2.67. The van der Waals surface area contributed by atoms with Gasteiger partial charge in [0.2, 0.25) is 6.19 Å². The van der Waals surface area contributed by atoms with E-state index in [1.165, 1.54) is 0 Å². The average Bonchev–Trinajstić information content (AvgIpc) is 2.40. The van der Waals surface area contributed by atoms with Gasteiger partial charge in [-0.3, -0.25) is 0 Å². The molecule has 0 aromatic heterocycles. The van der Waals surface area contributed by atoms with Gasteiger partial charge in [-0.05, 0) is 25.1 Å². The topological polar surface area (TPSA) is 54.6 Å². The molecule has 0 fully saturated rings. The summed E-state index contributed by atoms with van der Waals surface area (Å²) in [7, 11) is 0. The van der Waals surface area contributed by atoms with Crippen LogP contribution in [0.1, 0.15) is 6.92 Å². The van der Waals surface area contributed by atoms with Crippen molar-refractivity contribution in [1.29, 1.82) is 5.26 Å². The SMILES string of the molecule is C=C(/C=C\C=C/C)OC(=NC#N)Oc1ccccc1. The highest BCUT2D eigenvalue weighted by Gasteiger charge is 2.05. The fraction of sp³-hybridized carbons (Fsp3) is 0.0667. The summed E-state index contributed by atoms with van der Waals surface area (Å²) in [6, 6.07) is 8.93. The molecule has 0 heterocycles. The molecule has 4 heteroatoms. The Hall–Kier alpha value is -2.80. The minimum Gasteiger partial charge on any atom is -0.411 e. The van der Waals surface area contributed by atoms with Gasteiger partial charge in [0.05, 0.1) is 0 Å². The van der Waals surface area contributed by atoms with Crippen LogP contribution in [-0.4, -0.2) is 6.08 Å². The summed E-state index contributed by atoms with van der Waals surface area (Å²) in [6.45, 7) is 5.57. The molecular weight excluding hydrogens is 240 g/mol. The maximum absolute atomic E-state index is 8.59. The summed E-state index contributed by atoms with van der Waals surface area (Å²) in [5.41, 5.74) is 0. The molecule has 0 unspecified atom stereocenters. The van der Waals surface area contributed by atoms with Crippen molar-refractivity contribution < 1.29 is 9.47 Å². The van der Waals surface area contributed by atoms with Crippen LogP contribution < -0.4 is 4.74 Å². The monoisotopic (exact) mass is 254 g/mol. The zero-order valence-corrected chi connectivity index (χ0v) is 10.6. The number of para-hydroxylation sites is 1. The molecule has 0 saturated carbocycles. The third-order valence-electron chi connectivity index (χ3n) is 1.89. The van der Waals surface area contributed by atoms with Crippen molar-refractivity contribution in [2.24, 2.45) is 4.99 Å². The quantitative estimate of drug-likeness (QED) is 0.271. The fourth-order valence-corrected chi connectivity index (χ4v) is 1.12. The number of hydrogen-bond acceptors (Lipinski definition) is 4. The van der Waals surface area contributed by atoms with Gasteiger partial charge in [0.25, 0.3) is 0 Å². The van der Waals surface area contributed by atoms with Gasteiger partial charge < -0.3 is 9.47 Å². The summed E-state index contributed by atoms with van der Waals surface area (Å²) < 4.78 is 10.6. The minimum absolute atomic E-state index is 0.163. The smallest absolute Gasteiger partial charge is 0.410 e. The van der Waals surface area contributed by atoms with Crippen LogP contribution in [-0.2, 0) is 4.74 Å². The second kappa shape index (κ2) is 8.31. The van der Waals surface area contributed by atoms with Gasteiger partial charge in [-0.1, -0.05) is 48.0 Å². The zero-order valence-electron chi connectivity index (χ0n) is 10.6. The summed E-state index contributed by atoms with van der Waals surface area (Å²) in [5, 5.41) is 8.59. The Morgan fingerprint density at radius 2 is 2.05 bits per heavy atom. The first-order chi connectivity index (χ1) is 9.26. The van der Waals surface area contributed by atoms with Gasteiger partial charge in [0.1, 0.15) is 11.5 Å². The average molecular weight is 254 g/mol. The van der Waals surface area contributed by atoms with Crippen LogP contribution in [0.4, 0.5) is 0 Å². The van der Waals surface area contributed by atoms with Crippen molar-refractivity contribution in [1.82, 2.24) is 0 Å². The van der Waals surface area contributed by atoms with Crippen LogP contribution in [0.3, 0.4) is 0 Å². The number of rotatable bonds is 4. The first kappa shape index (κ1) is 14.3. The second-order valence-electron chi connectivity index (χ2n) is 3.35.